The third-order valence-corrected chi connectivity index (χ3v) is 5.61. The number of aliphatic hydroxyl groups excluding tert-OH is 1. The lowest BCUT2D eigenvalue weighted by Gasteiger charge is -2.13. The predicted molar refractivity (Wildman–Crippen MR) is 108 cm³/mol. The molecule has 2 atom stereocenters. The highest BCUT2D eigenvalue weighted by atomic mass is 19.4. The second-order valence-electron chi connectivity index (χ2n) is 7.97. The van der Waals surface area contributed by atoms with Crippen LogP contribution in [0.4, 0.5) is 32.0 Å². The number of anilines is 1. The van der Waals surface area contributed by atoms with Crippen LogP contribution in [0, 0.1) is 17.5 Å². The molecule has 4 rings (SSSR count). The minimum absolute atomic E-state index is 0.113. The maximum absolute atomic E-state index is 14.7. The number of aliphatic hydroxyl groups is 1. The highest BCUT2D eigenvalue weighted by molar-refractivity contribution is 5.92. The van der Waals surface area contributed by atoms with Gasteiger partial charge in [0.25, 0.3) is 0 Å². The molecule has 1 saturated carbocycles. The monoisotopic (exact) mass is 484 g/mol. The first-order chi connectivity index (χ1) is 16.0. The molecule has 1 aromatic heterocycles. The van der Waals surface area contributed by atoms with E-state index in [0.29, 0.717) is 18.9 Å². The van der Waals surface area contributed by atoms with Gasteiger partial charge in [-0.15, -0.1) is 5.10 Å². The molecular weight excluding hydrogens is 466 g/mol. The first-order valence-electron chi connectivity index (χ1n) is 10.3. The SMILES string of the molecule is O=C(Cc1cccc(C(F)(F)F)c1F)Nc1cc(F)c(-c2cn([C@@H]3CCC[C@H]3O)nn2)c(F)c1. The van der Waals surface area contributed by atoms with Crippen molar-refractivity contribution in [3.63, 3.8) is 0 Å². The molecule has 1 heterocycles. The van der Waals surface area contributed by atoms with Gasteiger partial charge in [0.1, 0.15) is 23.1 Å². The number of carbonyl (C=O) groups excluding carboxylic acids is 1. The van der Waals surface area contributed by atoms with E-state index in [1.54, 1.807) is 0 Å². The van der Waals surface area contributed by atoms with Gasteiger partial charge in [-0.2, -0.15) is 13.2 Å². The fourth-order valence-electron chi connectivity index (χ4n) is 3.99. The molecule has 12 heteroatoms. The van der Waals surface area contributed by atoms with E-state index < -0.39 is 58.8 Å². The highest BCUT2D eigenvalue weighted by Crippen LogP contribution is 2.34. The maximum Gasteiger partial charge on any atom is 0.419 e. The van der Waals surface area contributed by atoms with Crippen LogP contribution in [0.15, 0.2) is 36.5 Å². The Hall–Kier alpha value is -3.41. The number of halogens is 6. The molecule has 3 aromatic rings. The number of hydrogen-bond donors (Lipinski definition) is 2. The summed E-state index contributed by atoms with van der Waals surface area (Å²) in [5.41, 5.74) is -2.96. The molecule has 1 amide bonds. The van der Waals surface area contributed by atoms with Gasteiger partial charge in [-0.25, -0.2) is 17.9 Å². The molecule has 0 bridgehead atoms. The molecule has 2 N–H and O–H groups in total. The third-order valence-electron chi connectivity index (χ3n) is 5.61. The molecule has 2 aromatic carbocycles. The van der Waals surface area contributed by atoms with Gasteiger partial charge in [0, 0.05) is 5.69 Å². The zero-order valence-electron chi connectivity index (χ0n) is 17.4. The lowest BCUT2D eigenvalue weighted by molar-refractivity contribution is -0.140. The fraction of sp³-hybridized carbons (Fsp3) is 0.318. The van der Waals surface area contributed by atoms with Crippen LogP contribution in [0.3, 0.4) is 0 Å². The number of nitrogens with zero attached hydrogens (tertiary/aromatic N) is 3. The van der Waals surface area contributed by atoms with Gasteiger partial charge < -0.3 is 10.4 Å². The summed E-state index contributed by atoms with van der Waals surface area (Å²) in [4.78, 5) is 12.2. The first kappa shape index (κ1) is 23.7. The maximum atomic E-state index is 14.7. The Balaban J connectivity index is 1.51. The molecule has 34 heavy (non-hydrogen) atoms. The van der Waals surface area contributed by atoms with Gasteiger partial charge in [0.05, 0.1) is 35.9 Å². The number of hydrogen-bond acceptors (Lipinski definition) is 4. The fourth-order valence-corrected chi connectivity index (χ4v) is 3.99. The summed E-state index contributed by atoms with van der Waals surface area (Å²) in [5.74, 6) is -4.70. The van der Waals surface area contributed by atoms with Gasteiger partial charge >= 0.3 is 6.18 Å². The Morgan fingerprint density at radius 1 is 1.15 bits per heavy atom. The summed E-state index contributed by atoms with van der Waals surface area (Å²) in [6.45, 7) is 0. The van der Waals surface area contributed by atoms with Gasteiger partial charge in [-0.05, 0) is 43.0 Å². The van der Waals surface area contributed by atoms with Crippen molar-refractivity contribution >= 4 is 11.6 Å². The number of alkyl halides is 3. The number of benzene rings is 2. The van der Waals surface area contributed by atoms with Crippen LogP contribution in [0.25, 0.3) is 11.3 Å². The largest absolute Gasteiger partial charge is 0.419 e. The van der Waals surface area contributed by atoms with Crippen LogP contribution in [-0.4, -0.2) is 32.1 Å². The van der Waals surface area contributed by atoms with Crippen molar-refractivity contribution in [2.24, 2.45) is 0 Å². The summed E-state index contributed by atoms with van der Waals surface area (Å²) in [5, 5.41) is 19.7. The van der Waals surface area contributed by atoms with Gasteiger partial charge in [-0.1, -0.05) is 17.3 Å². The first-order valence-corrected chi connectivity index (χ1v) is 10.3. The van der Waals surface area contributed by atoms with Crippen LogP contribution >= 0.6 is 0 Å². The van der Waals surface area contributed by atoms with Crippen molar-refractivity contribution in [3.8, 4) is 11.3 Å². The van der Waals surface area contributed by atoms with E-state index in [0.717, 1.165) is 30.7 Å². The molecule has 1 aliphatic carbocycles. The molecule has 0 unspecified atom stereocenters. The zero-order chi connectivity index (χ0) is 24.6. The smallest absolute Gasteiger partial charge is 0.391 e. The average Bonchev–Trinajstić information content (AvgIpc) is 3.37. The van der Waals surface area contributed by atoms with Crippen LogP contribution < -0.4 is 5.32 Å². The van der Waals surface area contributed by atoms with E-state index >= 15 is 0 Å². The summed E-state index contributed by atoms with van der Waals surface area (Å²) < 4.78 is 83.4. The van der Waals surface area contributed by atoms with Crippen molar-refractivity contribution in [2.75, 3.05) is 5.32 Å². The van der Waals surface area contributed by atoms with E-state index in [4.69, 9.17) is 0 Å². The minimum Gasteiger partial charge on any atom is -0.391 e. The Morgan fingerprint density at radius 2 is 1.85 bits per heavy atom. The van der Waals surface area contributed by atoms with E-state index in [2.05, 4.69) is 15.6 Å². The number of nitrogens with one attached hydrogen (secondary N) is 1. The molecule has 6 nitrogen and oxygen atoms in total. The molecule has 0 saturated heterocycles. The minimum atomic E-state index is -4.93. The van der Waals surface area contributed by atoms with Crippen LogP contribution in [0.2, 0.25) is 0 Å². The van der Waals surface area contributed by atoms with Crippen molar-refractivity contribution in [1.29, 1.82) is 0 Å². The third kappa shape index (κ3) is 4.76. The van der Waals surface area contributed by atoms with Crippen LogP contribution in [0.1, 0.15) is 36.4 Å². The van der Waals surface area contributed by atoms with Gasteiger partial charge in [0.15, 0.2) is 0 Å². The number of aromatic nitrogens is 3. The standard InChI is InChI=1S/C22H18F6N4O2/c23-14-8-12(29-19(34)7-11-3-1-4-13(21(11)25)22(26,27)28)9-15(24)20(14)16-10-32(31-30-16)17-5-2-6-18(17)33/h1,3-4,8-10,17-18,33H,2,5-7H2,(H,29,34)/t17-,18-/m1/s1. The average molecular weight is 484 g/mol. The van der Waals surface area contributed by atoms with E-state index in [1.165, 1.54) is 10.9 Å². The van der Waals surface area contributed by atoms with Crippen molar-refractivity contribution < 1.29 is 36.2 Å². The highest BCUT2D eigenvalue weighted by Gasteiger charge is 2.35. The van der Waals surface area contributed by atoms with E-state index in [-0.39, 0.29) is 17.4 Å². The Labute approximate surface area is 189 Å². The second kappa shape index (κ2) is 9.09. The molecule has 0 radical (unpaired) electrons. The van der Waals surface area contributed by atoms with Crippen LogP contribution in [-0.2, 0) is 17.4 Å². The van der Waals surface area contributed by atoms with Gasteiger partial charge in [-0.3, -0.25) is 4.79 Å². The normalized spacial score (nSPS) is 18.3. The van der Waals surface area contributed by atoms with Crippen molar-refractivity contribution in [2.45, 2.75) is 44.0 Å². The summed E-state index contributed by atoms with van der Waals surface area (Å²) in [6.07, 6.45) is -3.02. The second-order valence-corrected chi connectivity index (χ2v) is 7.97. The molecule has 180 valence electrons. The molecular formula is C22H18F6N4O2. The Morgan fingerprint density at radius 3 is 2.47 bits per heavy atom. The number of carbonyl (C=O) groups is 1. The van der Waals surface area contributed by atoms with Crippen molar-refractivity contribution in [1.82, 2.24) is 15.0 Å². The summed E-state index contributed by atoms with van der Waals surface area (Å²) >= 11 is 0. The molecule has 1 aliphatic rings. The van der Waals surface area contributed by atoms with E-state index in [1.807, 2.05) is 0 Å². The van der Waals surface area contributed by atoms with Crippen molar-refractivity contribution in [3.05, 3.63) is 65.1 Å². The topological polar surface area (TPSA) is 80.0 Å². The quantitative estimate of drug-likeness (QED) is 0.517. The lowest BCUT2D eigenvalue weighted by atomic mass is 10.1. The summed E-state index contributed by atoms with van der Waals surface area (Å²) in [6, 6.07) is 3.79. The lowest BCUT2D eigenvalue weighted by Crippen LogP contribution is -2.18. The van der Waals surface area contributed by atoms with Gasteiger partial charge in [0.2, 0.25) is 5.91 Å². The number of amides is 1. The predicted octanol–water partition coefficient (Wildman–Crippen LogP) is 4.65. The molecule has 0 spiro atoms. The number of rotatable bonds is 5. The molecule has 1 fully saturated rings. The Kier molecular flexibility index (Phi) is 6.34. The van der Waals surface area contributed by atoms with E-state index in [9.17, 15) is 36.2 Å². The Bertz CT molecular complexity index is 1200. The molecule has 0 aliphatic heterocycles. The van der Waals surface area contributed by atoms with Crippen LogP contribution in [0.5, 0.6) is 0 Å². The summed E-state index contributed by atoms with van der Waals surface area (Å²) in [7, 11) is 0. The zero-order valence-corrected chi connectivity index (χ0v) is 17.4.